The molecule has 2 N–H and O–H groups in total. The van der Waals surface area contributed by atoms with Gasteiger partial charge in [0.05, 0.1) is 0 Å². The van der Waals surface area contributed by atoms with Crippen LogP contribution in [0.25, 0.3) is 0 Å². The molecule has 8 heteroatoms. The van der Waals surface area contributed by atoms with Gasteiger partial charge in [-0.1, -0.05) is 19.0 Å². The Morgan fingerprint density at radius 3 is 2.72 bits per heavy atom. The summed E-state index contributed by atoms with van der Waals surface area (Å²) < 4.78 is 5.15. The van der Waals surface area contributed by atoms with E-state index in [1.807, 2.05) is 19.2 Å². The quantitative estimate of drug-likeness (QED) is 0.631. The molecule has 2 rings (SSSR count). The topological polar surface area (TPSA) is 97.1 Å². The fourth-order valence-corrected chi connectivity index (χ4v) is 2.74. The molecular formula is C17H24N4O3S. The number of aromatic nitrogens is 2. The average molecular weight is 364 g/mol. The lowest BCUT2D eigenvalue weighted by Crippen LogP contribution is -2.28. The number of nitrogens with zero attached hydrogens (tertiary/aromatic N) is 2. The van der Waals surface area contributed by atoms with Crippen LogP contribution in [0.5, 0.6) is 0 Å². The number of thiophene rings is 1. The first-order valence-corrected chi connectivity index (χ1v) is 9.40. The second-order valence-corrected chi connectivity index (χ2v) is 6.81. The molecule has 25 heavy (non-hydrogen) atoms. The van der Waals surface area contributed by atoms with E-state index < -0.39 is 0 Å². The van der Waals surface area contributed by atoms with Crippen molar-refractivity contribution in [2.24, 2.45) is 0 Å². The molecule has 2 aromatic heterocycles. The van der Waals surface area contributed by atoms with Gasteiger partial charge in [-0.05, 0) is 24.3 Å². The maximum Gasteiger partial charge on any atom is 0.252 e. The van der Waals surface area contributed by atoms with Crippen LogP contribution >= 0.6 is 11.3 Å². The molecule has 0 aromatic carbocycles. The van der Waals surface area contributed by atoms with Crippen LogP contribution in [0.2, 0.25) is 0 Å². The van der Waals surface area contributed by atoms with Gasteiger partial charge < -0.3 is 15.2 Å². The third-order valence-electron chi connectivity index (χ3n) is 3.54. The molecule has 0 unspecified atom stereocenters. The molecule has 0 saturated carbocycles. The number of hydrogen-bond donors (Lipinski definition) is 2. The maximum absolute atomic E-state index is 11.7. The Bertz CT molecular complexity index is 667. The van der Waals surface area contributed by atoms with Gasteiger partial charge in [0.2, 0.25) is 11.8 Å². The highest BCUT2D eigenvalue weighted by Gasteiger charge is 2.09. The summed E-state index contributed by atoms with van der Waals surface area (Å²) in [6.07, 6.45) is 2.40. The van der Waals surface area contributed by atoms with Gasteiger partial charge in [0.15, 0.2) is 5.82 Å². The van der Waals surface area contributed by atoms with E-state index in [1.165, 1.54) is 11.3 Å². The van der Waals surface area contributed by atoms with Gasteiger partial charge in [0, 0.05) is 42.8 Å². The zero-order valence-corrected chi connectivity index (χ0v) is 15.4. The monoisotopic (exact) mass is 364 g/mol. The second-order valence-electron chi connectivity index (χ2n) is 6.03. The van der Waals surface area contributed by atoms with Gasteiger partial charge >= 0.3 is 0 Å². The molecule has 0 aliphatic heterocycles. The number of hydrogen-bond acceptors (Lipinski definition) is 6. The average Bonchev–Trinajstić information content (AvgIpc) is 3.27. The van der Waals surface area contributed by atoms with Gasteiger partial charge in [0.25, 0.3) is 5.91 Å². The van der Waals surface area contributed by atoms with Gasteiger partial charge in [-0.3, -0.25) is 9.59 Å². The van der Waals surface area contributed by atoms with Gasteiger partial charge in [-0.15, -0.1) is 0 Å². The highest BCUT2D eigenvalue weighted by molar-refractivity contribution is 7.08. The van der Waals surface area contributed by atoms with Crippen molar-refractivity contribution in [2.45, 2.75) is 45.4 Å². The molecule has 2 amide bonds. The smallest absolute Gasteiger partial charge is 0.252 e. The van der Waals surface area contributed by atoms with Crippen LogP contribution in [0, 0.1) is 0 Å². The molecule has 7 nitrogen and oxygen atoms in total. The van der Waals surface area contributed by atoms with E-state index in [0.717, 1.165) is 6.42 Å². The van der Waals surface area contributed by atoms with Crippen LogP contribution < -0.4 is 10.6 Å². The van der Waals surface area contributed by atoms with E-state index >= 15 is 0 Å². The summed E-state index contributed by atoms with van der Waals surface area (Å²) in [5.74, 6) is 1.45. The van der Waals surface area contributed by atoms with Crippen molar-refractivity contribution in [2.75, 3.05) is 13.1 Å². The molecule has 0 atom stereocenters. The fourth-order valence-electron chi connectivity index (χ4n) is 2.11. The van der Waals surface area contributed by atoms with Crippen molar-refractivity contribution >= 4 is 23.2 Å². The first-order valence-electron chi connectivity index (χ1n) is 8.46. The maximum atomic E-state index is 11.7. The molecule has 0 bridgehead atoms. The van der Waals surface area contributed by atoms with Crippen molar-refractivity contribution < 1.29 is 14.1 Å². The number of carbonyl (C=O) groups is 2. The molecule has 0 aliphatic rings. The molecule has 0 saturated heterocycles. The van der Waals surface area contributed by atoms with E-state index in [9.17, 15) is 9.59 Å². The van der Waals surface area contributed by atoms with Gasteiger partial charge in [0.1, 0.15) is 0 Å². The first kappa shape index (κ1) is 19.1. The van der Waals surface area contributed by atoms with E-state index in [0.29, 0.717) is 49.6 Å². The van der Waals surface area contributed by atoms with E-state index in [-0.39, 0.29) is 17.7 Å². The minimum absolute atomic E-state index is 0.0156. The fraction of sp³-hybridized carbons (Fsp3) is 0.529. The van der Waals surface area contributed by atoms with Crippen molar-refractivity contribution in [3.05, 3.63) is 34.1 Å². The molecule has 2 aromatic rings. The molecule has 136 valence electrons. The summed E-state index contributed by atoms with van der Waals surface area (Å²) in [5, 5.41) is 13.2. The van der Waals surface area contributed by atoms with Crippen LogP contribution in [0.15, 0.2) is 21.3 Å². The summed E-state index contributed by atoms with van der Waals surface area (Å²) in [6.45, 7) is 5.08. The zero-order valence-electron chi connectivity index (χ0n) is 14.6. The van der Waals surface area contributed by atoms with Crippen molar-refractivity contribution in [1.29, 1.82) is 0 Å². The van der Waals surface area contributed by atoms with E-state index in [2.05, 4.69) is 20.8 Å². The largest absolute Gasteiger partial charge is 0.356 e. The molecule has 0 fully saturated rings. The predicted molar refractivity (Wildman–Crippen MR) is 95.6 cm³/mol. The second kappa shape index (κ2) is 9.93. The number of nitrogens with one attached hydrogen (secondary N) is 2. The van der Waals surface area contributed by atoms with Gasteiger partial charge in [-0.25, -0.2) is 0 Å². The summed E-state index contributed by atoms with van der Waals surface area (Å²) in [7, 11) is 0. The molecule has 2 heterocycles. The Morgan fingerprint density at radius 1 is 1.24 bits per heavy atom. The highest BCUT2D eigenvalue weighted by atomic mass is 32.1. The molecule has 0 aliphatic carbocycles. The third kappa shape index (κ3) is 6.66. The Balaban J connectivity index is 1.51. The highest BCUT2D eigenvalue weighted by Crippen LogP contribution is 2.10. The SMILES string of the molecule is CC(C)c1noc(CCCNC(=O)CCCNC(=O)c2ccsc2)n1. The summed E-state index contributed by atoms with van der Waals surface area (Å²) >= 11 is 1.48. The van der Waals surface area contributed by atoms with Crippen LogP contribution in [0.4, 0.5) is 0 Å². The van der Waals surface area contributed by atoms with Crippen molar-refractivity contribution in [3.63, 3.8) is 0 Å². The normalized spacial score (nSPS) is 10.8. The lowest BCUT2D eigenvalue weighted by atomic mass is 10.2. The summed E-state index contributed by atoms with van der Waals surface area (Å²) in [4.78, 5) is 27.8. The summed E-state index contributed by atoms with van der Waals surface area (Å²) in [6, 6.07) is 1.78. The number of carbonyl (C=O) groups excluding carboxylic acids is 2. The number of rotatable bonds is 10. The number of amides is 2. The molecular weight excluding hydrogens is 340 g/mol. The van der Waals surface area contributed by atoms with Gasteiger partial charge in [-0.2, -0.15) is 16.3 Å². The zero-order chi connectivity index (χ0) is 18.1. The van der Waals surface area contributed by atoms with Crippen molar-refractivity contribution in [3.8, 4) is 0 Å². The first-order chi connectivity index (χ1) is 12.1. The van der Waals surface area contributed by atoms with E-state index in [4.69, 9.17) is 4.52 Å². The lowest BCUT2D eigenvalue weighted by molar-refractivity contribution is -0.121. The summed E-state index contributed by atoms with van der Waals surface area (Å²) in [5.41, 5.74) is 0.663. The van der Waals surface area contributed by atoms with Crippen LogP contribution in [0.1, 0.15) is 61.1 Å². The predicted octanol–water partition coefficient (Wildman–Crippen LogP) is 2.51. The van der Waals surface area contributed by atoms with Crippen LogP contribution in [-0.2, 0) is 11.2 Å². The standard InChI is InChI=1S/C17H24N4O3S/c1-12(2)16-20-15(24-21-16)6-4-8-18-14(22)5-3-9-19-17(23)13-7-10-25-11-13/h7,10-12H,3-6,8-9H2,1-2H3,(H,18,22)(H,19,23). The third-order valence-corrected chi connectivity index (χ3v) is 4.22. The molecule has 0 radical (unpaired) electrons. The van der Waals surface area contributed by atoms with Crippen LogP contribution in [-0.4, -0.2) is 35.0 Å². The van der Waals surface area contributed by atoms with E-state index in [1.54, 1.807) is 11.4 Å². The Labute approximate surface area is 151 Å². The van der Waals surface area contributed by atoms with Crippen molar-refractivity contribution in [1.82, 2.24) is 20.8 Å². The number of aryl methyl sites for hydroxylation is 1. The lowest BCUT2D eigenvalue weighted by Gasteiger charge is -2.05. The Hall–Kier alpha value is -2.22. The Morgan fingerprint density at radius 2 is 2.04 bits per heavy atom. The Kier molecular flexibility index (Phi) is 7.59. The van der Waals surface area contributed by atoms with Crippen LogP contribution in [0.3, 0.4) is 0 Å². The minimum Gasteiger partial charge on any atom is -0.356 e. The minimum atomic E-state index is -0.0954. The molecule has 0 spiro atoms.